The molecule has 0 aromatic heterocycles. The predicted octanol–water partition coefficient (Wildman–Crippen LogP) is 1.43. The van der Waals surface area contributed by atoms with E-state index in [4.69, 9.17) is 0 Å². The van der Waals surface area contributed by atoms with Crippen molar-refractivity contribution in [2.45, 2.75) is 19.4 Å². The Morgan fingerprint density at radius 1 is 1.33 bits per heavy atom. The molecule has 1 atom stereocenters. The Morgan fingerprint density at radius 3 is 2.50 bits per heavy atom. The molecule has 0 spiro atoms. The Balaban J connectivity index is 1.93. The second kappa shape index (κ2) is 5.93. The fraction of sp³-hybridized carbons (Fsp3) is 0.538. The number of hydrogen-bond donors (Lipinski definition) is 1. The zero-order valence-corrected chi connectivity index (χ0v) is 10.6. The van der Waals surface area contributed by atoms with E-state index in [-0.39, 0.29) is 10.6 Å². The summed E-state index contributed by atoms with van der Waals surface area (Å²) < 4.78 is 0. The minimum Gasteiger partial charge on any atom is -0.314 e. The summed E-state index contributed by atoms with van der Waals surface area (Å²) in [6.45, 7) is 6.46. The molecule has 2 rings (SSSR count). The van der Waals surface area contributed by atoms with E-state index in [1.54, 1.807) is 12.1 Å². The lowest BCUT2D eigenvalue weighted by molar-refractivity contribution is -0.384. The van der Waals surface area contributed by atoms with E-state index in [9.17, 15) is 10.1 Å². The van der Waals surface area contributed by atoms with Crippen molar-refractivity contribution in [2.75, 3.05) is 26.2 Å². The molecule has 0 aliphatic carbocycles. The number of piperazine rings is 1. The Kier molecular flexibility index (Phi) is 4.28. The first-order chi connectivity index (χ1) is 8.66. The molecule has 1 aromatic carbocycles. The first-order valence-electron chi connectivity index (χ1n) is 6.35. The fourth-order valence-electron chi connectivity index (χ4n) is 2.35. The molecule has 5 nitrogen and oxygen atoms in total. The van der Waals surface area contributed by atoms with Crippen LogP contribution < -0.4 is 5.32 Å². The van der Waals surface area contributed by atoms with Crippen LogP contribution >= 0.6 is 0 Å². The summed E-state index contributed by atoms with van der Waals surface area (Å²) in [5.74, 6) is 0. The number of non-ortho nitro benzene ring substituents is 1. The van der Waals surface area contributed by atoms with E-state index in [2.05, 4.69) is 17.1 Å². The van der Waals surface area contributed by atoms with Gasteiger partial charge in [0.25, 0.3) is 5.69 Å². The molecule has 18 heavy (non-hydrogen) atoms. The highest BCUT2D eigenvalue weighted by Gasteiger charge is 2.16. The average Bonchev–Trinajstić information content (AvgIpc) is 2.40. The number of nitro groups is 1. The highest BCUT2D eigenvalue weighted by Crippen LogP contribution is 2.15. The van der Waals surface area contributed by atoms with Crippen molar-refractivity contribution in [1.82, 2.24) is 10.2 Å². The lowest BCUT2D eigenvalue weighted by atomic mass is 10.1. The van der Waals surface area contributed by atoms with Crippen molar-refractivity contribution in [3.63, 3.8) is 0 Å². The highest BCUT2D eigenvalue weighted by molar-refractivity contribution is 5.33. The Hall–Kier alpha value is -1.46. The van der Waals surface area contributed by atoms with E-state index in [1.807, 2.05) is 12.1 Å². The smallest absolute Gasteiger partial charge is 0.269 e. The van der Waals surface area contributed by atoms with Crippen molar-refractivity contribution in [3.05, 3.63) is 39.9 Å². The zero-order chi connectivity index (χ0) is 13.0. The molecular formula is C13H19N3O2. The molecule has 5 heteroatoms. The average molecular weight is 249 g/mol. The van der Waals surface area contributed by atoms with Crippen LogP contribution in [0, 0.1) is 10.1 Å². The van der Waals surface area contributed by atoms with Crippen LogP contribution in [0.25, 0.3) is 0 Å². The molecule has 98 valence electrons. The lowest BCUT2D eigenvalue weighted by Gasteiger charge is -2.32. The van der Waals surface area contributed by atoms with Gasteiger partial charge in [-0.2, -0.15) is 0 Å². The molecule has 1 aromatic rings. The summed E-state index contributed by atoms with van der Waals surface area (Å²) in [5.41, 5.74) is 1.32. The molecule has 1 N–H and O–H groups in total. The molecule has 0 radical (unpaired) electrons. The van der Waals surface area contributed by atoms with Gasteiger partial charge in [0.1, 0.15) is 0 Å². The number of nitrogens with zero attached hydrogens (tertiary/aromatic N) is 2. The van der Waals surface area contributed by atoms with Gasteiger partial charge in [0.05, 0.1) is 4.92 Å². The van der Waals surface area contributed by atoms with E-state index in [1.165, 1.54) is 0 Å². The molecule has 0 saturated carbocycles. The zero-order valence-electron chi connectivity index (χ0n) is 10.6. The van der Waals surface area contributed by atoms with Crippen LogP contribution in [0.2, 0.25) is 0 Å². The second-order valence-corrected chi connectivity index (χ2v) is 4.76. The van der Waals surface area contributed by atoms with E-state index in [0.717, 1.165) is 38.2 Å². The van der Waals surface area contributed by atoms with Gasteiger partial charge < -0.3 is 5.32 Å². The van der Waals surface area contributed by atoms with E-state index in [0.29, 0.717) is 6.04 Å². The van der Waals surface area contributed by atoms with Crippen LogP contribution in [0.4, 0.5) is 5.69 Å². The molecular weight excluding hydrogens is 230 g/mol. The molecule has 1 fully saturated rings. The second-order valence-electron chi connectivity index (χ2n) is 4.76. The number of nitro benzene ring substituents is 1. The number of rotatable bonds is 4. The van der Waals surface area contributed by atoms with Crippen molar-refractivity contribution in [3.8, 4) is 0 Å². The van der Waals surface area contributed by atoms with Crippen molar-refractivity contribution in [2.24, 2.45) is 0 Å². The molecule has 1 saturated heterocycles. The first kappa shape index (κ1) is 13.0. The Morgan fingerprint density at radius 2 is 1.94 bits per heavy atom. The fourth-order valence-corrected chi connectivity index (χ4v) is 2.35. The molecule has 0 amide bonds. The summed E-state index contributed by atoms with van der Waals surface area (Å²) in [6, 6.07) is 7.36. The Bertz CT molecular complexity index is 399. The minimum absolute atomic E-state index is 0.161. The SMILES string of the molecule is CC(Cc1ccc([N+](=O)[O-])cc1)N1CCNCC1. The van der Waals surface area contributed by atoms with Gasteiger partial charge in [-0.05, 0) is 18.9 Å². The van der Waals surface area contributed by atoms with Crippen LogP contribution in [0.1, 0.15) is 12.5 Å². The molecule has 0 bridgehead atoms. The minimum atomic E-state index is -0.358. The number of benzene rings is 1. The molecule has 1 heterocycles. The van der Waals surface area contributed by atoms with E-state index < -0.39 is 0 Å². The Labute approximate surface area is 107 Å². The third kappa shape index (κ3) is 3.27. The van der Waals surface area contributed by atoms with Gasteiger partial charge >= 0.3 is 0 Å². The van der Waals surface area contributed by atoms with Gasteiger partial charge in [-0.25, -0.2) is 0 Å². The third-order valence-electron chi connectivity index (χ3n) is 3.45. The van der Waals surface area contributed by atoms with Crippen LogP contribution in [-0.2, 0) is 6.42 Å². The van der Waals surface area contributed by atoms with Crippen LogP contribution in [0.3, 0.4) is 0 Å². The monoisotopic (exact) mass is 249 g/mol. The topological polar surface area (TPSA) is 58.4 Å². The van der Waals surface area contributed by atoms with Crippen molar-refractivity contribution >= 4 is 5.69 Å². The van der Waals surface area contributed by atoms with Gasteiger partial charge in [-0.15, -0.1) is 0 Å². The maximum atomic E-state index is 10.6. The largest absolute Gasteiger partial charge is 0.314 e. The maximum absolute atomic E-state index is 10.6. The van der Waals surface area contributed by atoms with Crippen molar-refractivity contribution in [1.29, 1.82) is 0 Å². The molecule has 1 aliphatic heterocycles. The van der Waals surface area contributed by atoms with Crippen LogP contribution in [0.5, 0.6) is 0 Å². The third-order valence-corrected chi connectivity index (χ3v) is 3.45. The van der Waals surface area contributed by atoms with Crippen LogP contribution in [0.15, 0.2) is 24.3 Å². The van der Waals surface area contributed by atoms with Gasteiger partial charge in [-0.1, -0.05) is 12.1 Å². The summed E-state index contributed by atoms with van der Waals surface area (Å²) in [7, 11) is 0. The summed E-state index contributed by atoms with van der Waals surface area (Å²) in [5, 5.41) is 13.9. The molecule has 1 unspecified atom stereocenters. The van der Waals surface area contributed by atoms with Gasteiger partial charge in [0.15, 0.2) is 0 Å². The van der Waals surface area contributed by atoms with Gasteiger partial charge in [0.2, 0.25) is 0 Å². The standard InChI is InChI=1S/C13H19N3O2/c1-11(15-8-6-14-7-9-15)10-12-2-4-13(5-3-12)16(17)18/h2-5,11,14H,6-10H2,1H3. The normalized spacial score (nSPS) is 18.5. The predicted molar refractivity (Wildman–Crippen MR) is 70.7 cm³/mol. The highest BCUT2D eigenvalue weighted by atomic mass is 16.6. The molecule has 1 aliphatic rings. The number of hydrogen-bond acceptors (Lipinski definition) is 4. The lowest BCUT2D eigenvalue weighted by Crippen LogP contribution is -2.48. The van der Waals surface area contributed by atoms with Gasteiger partial charge in [-0.3, -0.25) is 15.0 Å². The van der Waals surface area contributed by atoms with Crippen molar-refractivity contribution < 1.29 is 4.92 Å². The summed E-state index contributed by atoms with van der Waals surface area (Å²) in [4.78, 5) is 12.7. The summed E-state index contributed by atoms with van der Waals surface area (Å²) in [6.07, 6.45) is 0.942. The quantitative estimate of drug-likeness (QED) is 0.648. The summed E-state index contributed by atoms with van der Waals surface area (Å²) >= 11 is 0. The number of nitrogens with one attached hydrogen (secondary N) is 1. The van der Waals surface area contributed by atoms with Gasteiger partial charge in [0, 0.05) is 44.4 Å². The first-order valence-corrected chi connectivity index (χ1v) is 6.35. The maximum Gasteiger partial charge on any atom is 0.269 e. The van der Waals surface area contributed by atoms with E-state index >= 15 is 0 Å². The van der Waals surface area contributed by atoms with Crippen LogP contribution in [-0.4, -0.2) is 42.0 Å².